The molecule has 0 radical (unpaired) electrons. The first-order valence-electron chi connectivity index (χ1n) is 7.91. The number of sulfonamides is 1. The average molecular weight is 382 g/mol. The van der Waals surface area contributed by atoms with Gasteiger partial charge in [0, 0.05) is 31.3 Å². The lowest BCUT2D eigenvalue weighted by Gasteiger charge is -2.20. The summed E-state index contributed by atoms with van der Waals surface area (Å²) in [5.74, 6) is -2.57. The van der Waals surface area contributed by atoms with Gasteiger partial charge in [0.25, 0.3) is 0 Å². The van der Waals surface area contributed by atoms with Crippen LogP contribution >= 0.6 is 0 Å². The molecule has 5 nitrogen and oxygen atoms in total. The Labute approximate surface area is 151 Å². The summed E-state index contributed by atoms with van der Waals surface area (Å²) in [4.78, 5) is 12.0. The summed E-state index contributed by atoms with van der Waals surface area (Å²) >= 11 is 0. The minimum absolute atomic E-state index is 0.0255. The van der Waals surface area contributed by atoms with Crippen LogP contribution in [0.3, 0.4) is 0 Å². The second-order valence-corrected chi connectivity index (χ2v) is 8.00. The van der Waals surface area contributed by atoms with E-state index in [0.29, 0.717) is 0 Å². The van der Waals surface area contributed by atoms with E-state index in [9.17, 15) is 22.0 Å². The normalized spacial score (nSPS) is 11.6. The summed E-state index contributed by atoms with van der Waals surface area (Å²) in [6.07, 6.45) is 0.966. The molecular weight excluding hydrogens is 362 g/mol. The fourth-order valence-electron chi connectivity index (χ4n) is 2.40. The van der Waals surface area contributed by atoms with Crippen molar-refractivity contribution in [3.63, 3.8) is 0 Å². The minimum atomic E-state index is -3.51. The summed E-state index contributed by atoms with van der Waals surface area (Å²) in [6.45, 7) is 2.03. The number of carbonyl (C=O) groups is 1. The van der Waals surface area contributed by atoms with E-state index in [1.807, 2.05) is 31.2 Å². The van der Waals surface area contributed by atoms with E-state index in [4.69, 9.17) is 0 Å². The van der Waals surface area contributed by atoms with E-state index in [0.717, 1.165) is 29.5 Å². The van der Waals surface area contributed by atoms with Crippen LogP contribution in [0.15, 0.2) is 42.5 Å². The molecule has 0 saturated carbocycles. The maximum atomic E-state index is 13.2. The second kappa shape index (κ2) is 8.37. The van der Waals surface area contributed by atoms with Crippen LogP contribution in [0.4, 0.5) is 14.5 Å². The number of hydrogen-bond donors (Lipinski definition) is 1. The molecule has 140 valence electrons. The first kappa shape index (κ1) is 20.0. The molecule has 0 aromatic heterocycles. The van der Waals surface area contributed by atoms with E-state index >= 15 is 0 Å². The van der Waals surface area contributed by atoms with Crippen LogP contribution in [0.5, 0.6) is 0 Å². The van der Waals surface area contributed by atoms with Crippen molar-refractivity contribution in [1.29, 1.82) is 0 Å². The zero-order valence-corrected chi connectivity index (χ0v) is 15.3. The van der Waals surface area contributed by atoms with Crippen LogP contribution < -0.4 is 5.32 Å². The molecule has 0 heterocycles. The van der Waals surface area contributed by atoms with Gasteiger partial charge in [-0.25, -0.2) is 17.2 Å². The molecule has 0 saturated heterocycles. The Morgan fingerprint density at radius 1 is 1.12 bits per heavy atom. The van der Waals surface area contributed by atoms with Gasteiger partial charge in [-0.15, -0.1) is 0 Å². The molecule has 26 heavy (non-hydrogen) atoms. The summed E-state index contributed by atoms with van der Waals surface area (Å²) in [6, 6.07) is 10.4. The van der Waals surface area contributed by atoms with E-state index in [1.54, 1.807) is 0 Å². The lowest BCUT2D eigenvalue weighted by atomic mass is 10.1. The fraction of sp³-hybridized carbons (Fsp3) is 0.278. The van der Waals surface area contributed by atoms with Gasteiger partial charge in [-0.05, 0) is 24.6 Å². The van der Waals surface area contributed by atoms with Gasteiger partial charge < -0.3 is 5.32 Å². The fourth-order valence-corrected chi connectivity index (χ4v) is 3.21. The standard InChI is InChI=1S/C18H20F2N2O3S/c1-13-4-3-5-14(10-13)12-22(26(2,24)25)9-8-18(23)21-15-6-7-16(19)17(20)11-15/h3-7,10-11H,8-9,12H2,1-2H3,(H,21,23). The van der Waals surface area contributed by atoms with Crippen LogP contribution in [-0.2, 0) is 21.4 Å². The number of halogens is 2. The maximum absolute atomic E-state index is 13.2. The molecular formula is C18H20F2N2O3S. The van der Waals surface area contributed by atoms with Crippen molar-refractivity contribution in [3.05, 3.63) is 65.2 Å². The number of aryl methyl sites for hydroxylation is 1. The molecule has 0 unspecified atom stereocenters. The average Bonchev–Trinajstić information content (AvgIpc) is 2.54. The van der Waals surface area contributed by atoms with Crippen LogP contribution in [0, 0.1) is 18.6 Å². The van der Waals surface area contributed by atoms with Crippen molar-refractivity contribution in [2.24, 2.45) is 0 Å². The predicted molar refractivity (Wildman–Crippen MR) is 96.0 cm³/mol. The third-order valence-corrected chi connectivity index (χ3v) is 4.95. The van der Waals surface area contributed by atoms with Gasteiger partial charge in [0.1, 0.15) is 0 Å². The van der Waals surface area contributed by atoms with E-state index in [2.05, 4.69) is 5.32 Å². The molecule has 0 bridgehead atoms. The maximum Gasteiger partial charge on any atom is 0.225 e. The molecule has 8 heteroatoms. The zero-order valence-electron chi connectivity index (χ0n) is 14.5. The van der Waals surface area contributed by atoms with Gasteiger partial charge in [-0.3, -0.25) is 4.79 Å². The van der Waals surface area contributed by atoms with Gasteiger partial charge in [-0.1, -0.05) is 29.8 Å². The Morgan fingerprint density at radius 3 is 2.46 bits per heavy atom. The van der Waals surface area contributed by atoms with Gasteiger partial charge in [0.15, 0.2) is 11.6 Å². The topological polar surface area (TPSA) is 66.5 Å². The largest absolute Gasteiger partial charge is 0.326 e. The number of rotatable bonds is 7. The number of nitrogens with zero attached hydrogens (tertiary/aromatic N) is 1. The Bertz CT molecular complexity index is 901. The monoisotopic (exact) mass is 382 g/mol. The Morgan fingerprint density at radius 2 is 1.85 bits per heavy atom. The zero-order chi connectivity index (χ0) is 19.3. The van der Waals surface area contributed by atoms with Crippen molar-refractivity contribution < 1.29 is 22.0 Å². The van der Waals surface area contributed by atoms with Gasteiger partial charge >= 0.3 is 0 Å². The quantitative estimate of drug-likeness (QED) is 0.800. The van der Waals surface area contributed by atoms with Crippen LogP contribution in [0.2, 0.25) is 0 Å². The molecule has 0 atom stereocenters. The molecule has 2 rings (SSSR count). The van der Waals surface area contributed by atoms with Gasteiger partial charge in [-0.2, -0.15) is 4.31 Å². The third-order valence-electron chi connectivity index (χ3n) is 3.70. The molecule has 0 fully saturated rings. The highest BCUT2D eigenvalue weighted by Gasteiger charge is 2.18. The van der Waals surface area contributed by atoms with Crippen molar-refractivity contribution in [2.45, 2.75) is 19.9 Å². The molecule has 0 spiro atoms. The van der Waals surface area contributed by atoms with Crippen LogP contribution in [-0.4, -0.2) is 31.4 Å². The third kappa shape index (κ3) is 5.89. The number of hydrogen-bond acceptors (Lipinski definition) is 3. The van der Waals surface area contributed by atoms with Crippen molar-refractivity contribution in [3.8, 4) is 0 Å². The first-order valence-corrected chi connectivity index (χ1v) is 9.75. The SMILES string of the molecule is Cc1cccc(CN(CCC(=O)Nc2ccc(F)c(F)c2)S(C)(=O)=O)c1. The predicted octanol–water partition coefficient (Wildman–Crippen LogP) is 3.06. The second-order valence-electron chi connectivity index (χ2n) is 6.01. The summed E-state index contributed by atoms with van der Waals surface area (Å²) in [7, 11) is -3.51. The molecule has 0 aliphatic heterocycles. The number of carbonyl (C=O) groups excluding carboxylic acids is 1. The smallest absolute Gasteiger partial charge is 0.225 e. The number of anilines is 1. The lowest BCUT2D eigenvalue weighted by molar-refractivity contribution is -0.116. The van der Waals surface area contributed by atoms with Crippen molar-refractivity contribution in [1.82, 2.24) is 4.31 Å². The first-order chi connectivity index (χ1) is 12.1. The molecule has 0 aliphatic carbocycles. The summed E-state index contributed by atoms with van der Waals surface area (Å²) in [5, 5.41) is 2.42. The van der Waals surface area contributed by atoms with E-state index in [1.165, 1.54) is 10.4 Å². The van der Waals surface area contributed by atoms with E-state index in [-0.39, 0.29) is 25.2 Å². The Kier molecular flexibility index (Phi) is 6.44. The highest BCUT2D eigenvalue weighted by Crippen LogP contribution is 2.14. The van der Waals surface area contributed by atoms with Gasteiger partial charge in [0.2, 0.25) is 15.9 Å². The molecule has 2 aromatic rings. The summed E-state index contributed by atoms with van der Waals surface area (Å²) < 4.78 is 51.2. The number of amides is 1. The Hall–Kier alpha value is -2.32. The highest BCUT2D eigenvalue weighted by molar-refractivity contribution is 7.88. The Balaban J connectivity index is 2.00. The van der Waals surface area contributed by atoms with E-state index < -0.39 is 27.6 Å². The lowest BCUT2D eigenvalue weighted by Crippen LogP contribution is -2.32. The number of nitrogens with one attached hydrogen (secondary N) is 1. The molecule has 1 N–H and O–H groups in total. The summed E-state index contributed by atoms with van der Waals surface area (Å²) in [5.41, 5.74) is 1.93. The molecule has 0 aliphatic rings. The van der Waals surface area contributed by atoms with Crippen molar-refractivity contribution >= 4 is 21.6 Å². The van der Waals surface area contributed by atoms with Crippen LogP contribution in [0.1, 0.15) is 17.5 Å². The molecule has 2 aromatic carbocycles. The van der Waals surface area contributed by atoms with Crippen molar-refractivity contribution in [2.75, 3.05) is 18.1 Å². The highest BCUT2D eigenvalue weighted by atomic mass is 32.2. The number of benzene rings is 2. The minimum Gasteiger partial charge on any atom is -0.326 e. The van der Waals surface area contributed by atoms with Crippen LogP contribution in [0.25, 0.3) is 0 Å². The molecule has 1 amide bonds. The van der Waals surface area contributed by atoms with Gasteiger partial charge in [0.05, 0.1) is 6.26 Å².